The number of sulfone groups is 1. The zero-order valence-electron chi connectivity index (χ0n) is 15.0. The van der Waals surface area contributed by atoms with E-state index >= 15 is 0 Å². The van der Waals surface area contributed by atoms with E-state index in [4.69, 9.17) is 4.74 Å². The summed E-state index contributed by atoms with van der Waals surface area (Å²) in [6, 6.07) is 15.2. The Bertz CT molecular complexity index is 972. The second-order valence-electron chi connectivity index (χ2n) is 6.29. The third-order valence-corrected chi connectivity index (χ3v) is 6.82. The quantitative estimate of drug-likeness (QED) is 0.516. The van der Waals surface area contributed by atoms with E-state index in [0.29, 0.717) is 5.75 Å². The van der Waals surface area contributed by atoms with E-state index in [9.17, 15) is 18.0 Å². The molecule has 0 aromatic heterocycles. The summed E-state index contributed by atoms with van der Waals surface area (Å²) in [7, 11) is -3.98. The van der Waals surface area contributed by atoms with Crippen LogP contribution in [0.5, 0.6) is 5.75 Å². The molecule has 2 aromatic rings. The number of carbonyl (C=O) groups excluding carboxylic acids is 2. The molecule has 2 aromatic carbocycles. The van der Waals surface area contributed by atoms with E-state index in [1.165, 1.54) is 18.2 Å². The van der Waals surface area contributed by atoms with Crippen LogP contribution in [0, 0.1) is 0 Å². The largest absolute Gasteiger partial charge is 0.484 e. The summed E-state index contributed by atoms with van der Waals surface area (Å²) in [5.74, 6) is -0.681. The predicted octanol–water partition coefficient (Wildman–Crippen LogP) is 1.43. The van der Waals surface area contributed by atoms with Crippen LogP contribution >= 0.6 is 0 Å². The molecule has 7 nitrogen and oxygen atoms in total. The number of β-lactam (4-membered cyclic amide) rings is 1. The normalized spacial score (nSPS) is 21.1. The third-order valence-electron chi connectivity index (χ3n) is 4.46. The van der Waals surface area contributed by atoms with E-state index in [-0.39, 0.29) is 17.9 Å². The fourth-order valence-corrected chi connectivity index (χ4v) is 5.05. The van der Waals surface area contributed by atoms with Crippen LogP contribution in [0.1, 0.15) is 6.42 Å². The van der Waals surface area contributed by atoms with Crippen LogP contribution in [0.15, 0.2) is 78.2 Å². The highest BCUT2D eigenvalue weighted by Gasteiger charge is 2.62. The minimum Gasteiger partial charge on any atom is -0.484 e. The van der Waals surface area contributed by atoms with Gasteiger partial charge < -0.3 is 15.4 Å². The van der Waals surface area contributed by atoms with Gasteiger partial charge in [0.2, 0.25) is 15.7 Å². The molecule has 0 saturated carbocycles. The van der Waals surface area contributed by atoms with Crippen molar-refractivity contribution in [2.24, 2.45) is 0 Å². The molecule has 3 rings (SSSR count). The summed E-state index contributed by atoms with van der Waals surface area (Å²) in [6.07, 6.45) is 1.35. The lowest BCUT2D eigenvalue weighted by atomic mass is 9.94. The fraction of sp³-hybridized carbons (Fsp3) is 0.200. The number of amides is 2. The second-order valence-corrected chi connectivity index (χ2v) is 8.50. The van der Waals surface area contributed by atoms with Crippen molar-refractivity contribution in [3.63, 3.8) is 0 Å². The fourth-order valence-electron chi connectivity index (χ4n) is 3.06. The van der Waals surface area contributed by atoms with Crippen molar-refractivity contribution >= 4 is 21.7 Å². The van der Waals surface area contributed by atoms with Gasteiger partial charge in [0.15, 0.2) is 11.5 Å². The highest BCUT2D eigenvalue weighted by molar-refractivity contribution is 7.93. The Morgan fingerprint density at radius 2 is 1.75 bits per heavy atom. The number of nitrogens with one attached hydrogen (secondary N) is 2. The molecule has 0 spiro atoms. The number of para-hydroxylation sites is 1. The topological polar surface area (TPSA) is 102 Å². The molecule has 2 amide bonds. The first-order chi connectivity index (χ1) is 13.4. The molecule has 1 fully saturated rings. The van der Waals surface area contributed by atoms with Crippen molar-refractivity contribution in [1.29, 1.82) is 0 Å². The van der Waals surface area contributed by atoms with Crippen LogP contribution < -0.4 is 15.4 Å². The zero-order valence-corrected chi connectivity index (χ0v) is 15.8. The molecule has 28 heavy (non-hydrogen) atoms. The molecule has 2 N–H and O–H groups in total. The summed E-state index contributed by atoms with van der Waals surface area (Å²) < 4.78 is 31.8. The standard InChI is InChI=1S/C20H20N2O5S/c1-2-13-20(28(25,26)16-11-7-4-8-12-16)18(19(24)22-20)21-17(23)14-27-15-9-5-3-6-10-15/h2-12,18H,1,13-14H2,(H,21,23)(H,22,24)/t18-,20-/m0/s1. The van der Waals surface area contributed by atoms with Crippen LogP contribution in [0.4, 0.5) is 0 Å². The lowest BCUT2D eigenvalue weighted by Crippen LogP contribution is -2.80. The zero-order chi connectivity index (χ0) is 20.2. The van der Waals surface area contributed by atoms with Crippen molar-refractivity contribution in [3.05, 3.63) is 73.3 Å². The van der Waals surface area contributed by atoms with E-state index in [2.05, 4.69) is 17.2 Å². The smallest absolute Gasteiger partial charge is 0.258 e. The molecule has 0 unspecified atom stereocenters. The summed E-state index contributed by atoms with van der Waals surface area (Å²) in [5.41, 5.74) is 0. The highest BCUT2D eigenvalue weighted by Crippen LogP contribution is 2.36. The number of ether oxygens (including phenoxy) is 1. The molecule has 8 heteroatoms. The maximum absolute atomic E-state index is 13.2. The monoisotopic (exact) mass is 400 g/mol. The van der Waals surface area contributed by atoms with Crippen molar-refractivity contribution in [2.75, 3.05) is 6.61 Å². The van der Waals surface area contributed by atoms with Gasteiger partial charge >= 0.3 is 0 Å². The Labute approximate surface area is 163 Å². The first-order valence-electron chi connectivity index (χ1n) is 8.60. The van der Waals surface area contributed by atoms with Gasteiger partial charge in [0.1, 0.15) is 11.8 Å². The molecule has 1 aliphatic heterocycles. The van der Waals surface area contributed by atoms with E-state index in [0.717, 1.165) is 0 Å². The van der Waals surface area contributed by atoms with Gasteiger partial charge in [-0.2, -0.15) is 0 Å². The summed E-state index contributed by atoms with van der Waals surface area (Å²) in [4.78, 5) is 22.8. The van der Waals surface area contributed by atoms with Gasteiger partial charge in [-0.25, -0.2) is 8.42 Å². The SMILES string of the molecule is C=CC[C@@]1(S(=O)(=O)c2ccccc2)NC(=O)[C@@H]1NC(=O)COc1ccccc1. The maximum Gasteiger partial charge on any atom is 0.258 e. The molecule has 1 saturated heterocycles. The average Bonchev–Trinajstić information content (AvgIpc) is 2.71. The van der Waals surface area contributed by atoms with Crippen molar-refractivity contribution in [2.45, 2.75) is 22.2 Å². The minimum absolute atomic E-state index is 0.0524. The Morgan fingerprint density at radius 3 is 2.32 bits per heavy atom. The highest BCUT2D eigenvalue weighted by atomic mass is 32.2. The molecular formula is C20H20N2O5S. The molecule has 146 valence electrons. The number of rotatable bonds is 8. The predicted molar refractivity (Wildman–Crippen MR) is 103 cm³/mol. The van der Waals surface area contributed by atoms with E-state index in [1.807, 2.05) is 6.07 Å². The molecule has 0 aliphatic carbocycles. The van der Waals surface area contributed by atoms with E-state index in [1.54, 1.807) is 42.5 Å². The van der Waals surface area contributed by atoms with Crippen LogP contribution in [0.25, 0.3) is 0 Å². The van der Waals surface area contributed by atoms with Crippen molar-refractivity contribution in [1.82, 2.24) is 10.6 Å². The third kappa shape index (κ3) is 3.50. The Kier molecular flexibility index (Phi) is 5.51. The molecule has 0 radical (unpaired) electrons. The second kappa shape index (κ2) is 7.85. The van der Waals surface area contributed by atoms with Crippen LogP contribution in [0.2, 0.25) is 0 Å². The van der Waals surface area contributed by atoms with Gasteiger partial charge in [0, 0.05) is 6.42 Å². The molecular weight excluding hydrogens is 380 g/mol. The van der Waals surface area contributed by atoms with Crippen LogP contribution in [-0.2, 0) is 19.4 Å². The van der Waals surface area contributed by atoms with Crippen LogP contribution in [-0.4, -0.2) is 37.8 Å². The Balaban J connectivity index is 1.79. The van der Waals surface area contributed by atoms with Gasteiger partial charge in [-0.1, -0.05) is 42.5 Å². The minimum atomic E-state index is -3.98. The van der Waals surface area contributed by atoms with Crippen LogP contribution in [0.3, 0.4) is 0 Å². The molecule has 2 atom stereocenters. The summed E-state index contributed by atoms with van der Waals surface area (Å²) >= 11 is 0. The Morgan fingerprint density at radius 1 is 1.14 bits per heavy atom. The number of hydrogen-bond donors (Lipinski definition) is 2. The van der Waals surface area contributed by atoms with Crippen molar-refractivity contribution in [3.8, 4) is 5.75 Å². The summed E-state index contributed by atoms with van der Waals surface area (Å²) in [5, 5.41) is 4.96. The first kappa shape index (κ1) is 19.6. The summed E-state index contributed by atoms with van der Waals surface area (Å²) in [6.45, 7) is 3.25. The Hall–Kier alpha value is -3.13. The average molecular weight is 400 g/mol. The molecule has 0 bridgehead atoms. The number of carbonyl (C=O) groups is 2. The van der Waals surface area contributed by atoms with Gasteiger partial charge in [-0.05, 0) is 24.3 Å². The van der Waals surface area contributed by atoms with E-state index < -0.39 is 32.6 Å². The lowest BCUT2D eigenvalue weighted by Gasteiger charge is -2.47. The van der Waals surface area contributed by atoms with Gasteiger partial charge in [0.05, 0.1) is 4.90 Å². The van der Waals surface area contributed by atoms with Gasteiger partial charge in [-0.15, -0.1) is 6.58 Å². The molecule has 1 aliphatic rings. The van der Waals surface area contributed by atoms with Crippen molar-refractivity contribution < 1.29 is 22.7 Å². The molecule has 1 heterocycles. The first-order valence-corrected chi connectivity index (χ1v) is 10.1. The number of hydrogen-bond acceptors (Lipinski definition) is 5. The lowest BCUT2D eigenvalue weighted by molar-refractivity contribution is -0.138. The maximum atomic E-state index is 13.2. The van der Waals surface area contributed by atoms with Gasteiger partial charge in [0.25, 0.3) is 5.91 Å². The number of benzene rings is 2. The van der Waals surface area contributed by atoms with Gasteiger partial charge in [-0.3, -0.25) is 9.59 Å².